The fourth-order valence-corrected chi connectivity index (χ4v) is 2.54. The Labute approximate surface area is 132 Å². The zero-order chi connectivity index (χ0) is 14.8. The van der Waals surface area contributed by atoms with Crippen LogP contribution in [-0.4, -0.2) is 17.5 Å². The van der Waals surface area contributed by atoms with E-state index in [4.69, 9.17) is 27.9 Å². The van der Waals surface area contributed by atoms with E-state index in [9.17, 15) is 4.79 Å². The van der Waals surface area contributed by atoms with Gasteiger partial charge in [0.25, 0.3) is 0 Å². The molecule has 0 aliphatic carbocycles. The lowest BCUT2D eigenvalue weighted by atomic mass is 10.2. The van der Waals surface area contributed by atoms with E-state index in [1.165, 1.54) is 0 Å². The molecule has 2 heterocycles. The zero-order valence-corrected chi connectivity index (χ0v) is 12.6. The molecule has 1 amide bonds. The SMILES string of the molecule is O=C1CCOc2ccccc2N1Cc1nc(Cl)ccc1Cl. The van der Waals surface area contributed by atoms with Gasteiger partial charge in [0.1, 0.15) is 10.9 Å². The first-order valence-electron chi connectivity index (χ1n) is 6.48. The van der Waals surface area contributed by atoms with Gasteiger partial charge in [0, 0.05) is 0 Å². The molecule has 0 radical (unpaired) electrons. The summed E-state index contributed by atoms with van der Waals surface area (Å²) in [6.45, 7) is 0.627. The van der Waals surface area contributed by atoms with Crippen LogP contribution in [0.4, 0.5) is 5.69 Å². The average molecular weight is 323 g/mol. The highest BCUT2D eigenvalue weighted by Gasteiger charge is 2.24. The standard InChI is InChI=1S/C15H12Cl2N2O2/c16-10-5-6-14(17)18-11(10)9-19-12-3-1-2-4-13(12)21-8-7-15(19)20/h1-6H,7-9H2. The first-order valence-corrected chi connectivity index (χ1v) is 7.24. The summed E-state index contributed by atoms with van der Waals surface area (Å²) < 4.78 is 5.60. The van der Waals surface area contributed by atoms with Crippen molar-refractivity contribution in [1.29, 1.82) is 0 Å². The van der Waals surface area contributed by atoms with Crippen LogP contribution in [0.3, 0.4) is 0 Å². The lowest BCUT2D eigenvalue weighted by molar-refractivity contribution is -0.118. The van der Waals surface area contributed by atoms with Crippen LogP contribution in [0.2, 0.25) is 10.2 Å². The number of rotatable bonds is 2. The van der Waals surface area contributed by atoms with Gasteiger partial charge in [-0.3, -0.25) is 4.79 Å². The predicted molar refractivity (Wildman–Crippen MR) is 82.0 cm³/mol. The molecule has 21 heavy (non-hydrogen) atoms. The molecule has 1 aliphatic heterocycles. The van der Waals surface area contributed by atoms with Crippen molar-refractivity contribution >= 4 is 34.8 Å². The second kappa shape index (κ2) is 5.92. The Kier molecular flexibility index (Phi) is 3.99. The number of fused-ring (bicyclic) bond motifs is 1. The van der Waals surface area contributed by atoms with Gasteiger partial charge < -0.3 is 9.64 Å². The van der Waals surface area contributed by atoms with Crippen molar-refractivity contribution in [3.8, 4) is 5.75 Å². The smallest absolute Gasteiger partial charge is 0.230 e. The number of anilines is 1. The van der Waals surface area contributed by atoms with Crippen molar-refractivity contribution in [3.63, 3.8) is 0 Å². The molecule has 0 unspecified atom stereocenters. The van der Waals surface area contributed by atoms with Gasteiger partial charge in [-0.15, -0.1) is 0 Å². The van der Waals surface area contributed by atoms with E-state index in [0.29, 0.717) is 34.6 Å². The highest BCUT2D eigenvalue weighted by molar-refractivity contribution is 6.32. The van der Waals surface area contributed by atoms with E-state index in [0.717, 1.165) is 5.69 Å². The maximum absolute atomic E-state index is 12.3. The summed E-state index contributed by atoms with van der Waals surface area (Å²) in [4.78, 5) is 18.2. The summed E-state index contributed by atoms with van der Waals surface area (Å²) in [5, 5.41) is 0.830. The topological polar surface area (TPSA) is 42.4 Å². The number of pyridine rings is 1. The third kappa shape index (κ3) is 2.96. The molecule has 4 nitrogen and oxygen atoms in total. The maximum Gasteiger partial charge on any atom is 0.230 e. The number of ether oxygens (including phenoxy) is 1. The molecule has 1 aromatic heterocycles. The quantitative estimate of drug-likeness (QED) is 0.792. The lowest BCUT2D eigenvalue weighted by Crippen LogP contribution is -2.30. The van der Waals surface area contributed by atoms with Crippen molar-refractivity contribution in [2.45, 2.75) is 13.0 Å². The molecule has 1 aliphatic rings. The van der Waals surface area contributed by atoms with Crippen LogP contribution in [0.1, 0.15) is 12.1 Å². The van der Waals surface area contributed by atoms with Crippen LogP contribution < -0.4 is 9.64 Å². The first-order chi connectivity index (χ1) is 10.1. The first kappa shape index (κ1) is 14.2. The number of halogens is 2. The van der Waals surface area contributed by atoms with Crippen LogP contribution in [0.5, 0.6) is 5.75 Å². The molecule has 108 valence electrons. The van der Waals surface area contributed by atoms with Crippen LogP contribution in [-0.2, 0) is 11.3 Å². The second-order valence-electron chi connectivity index (χ2n) is 4.61. The minimum absolute atomic E-state index is 0.0298. The Morgan fingerprint density at radius 3 is 2.86 bits per heavy atom. The van der Waals surface area contributed by atoms with Gasteiger partial charge in [0.05, 0.1) is 36.0 Å². The highest BCUT2D eigenvalue weighted by Crippen LogP contribution is 2.32. The maximum atomic E-state index is 12.3. The predicted octanol–water partition coefficient (Wildman–Crippen LogP) is 3.70. The fourth-order valence-electron chi connectivity index (χ4n) is 2.21. The van der Waals surface area contributed by atoms with Crippen molar-refractivity contribution < 1.29 is 9.53 Å². The molecule has 0 N–H and O–H groups in total. The van der Waals surface area contributed by atoms with Gasteiger partial charge >= 0.3 is 0 Å². The van der Waals surface area contributed by atoms with Gasteiger partial charge in [-0.2, -0.15) is 0 Å². The number of hydrogen-bond acceptors (Lipinski definition) is 3. The third-order valence-corrected chi connectivity index (χ3v) is 3.78. The van der Waals surface area contributed by atoms with Crippen molar-refractivity contribution in [2.24, 2.45) is 0 Å². The highest BCUT2D eigenvalue weighted by atomic mass is 35.5. The molecule has 1 aromatic carbocycles. The summed E-state index contributed by atoms with van der Waals surface area (Å²) in [5.41, 5.74) is 1.28. The van der Waals surface area contributed by atoms with Gasteiger partial charge in [0.2, 0.25) is 5.91 Å². The molecule has 0 atom stereocenters. The van der Waals surface area contributed by atoms with E-state index in [1.54, 1.807) is 17.0 Å². The van der Waals surface area contributed by atoms with E-state index in [-0.39, 0.29) is 12.5 Å². The molecular formula is C15H12Cl2N2O2. The largest absolute Gasteiger partial charge is 0.491 e. The molecule has 0 bridgehead atoms. The van der Waals surface area contributed by atoms with Crippen LogP contribution >= 0.6 is 23.2 Å². The third-order valence-electron chi connectivity index (χ3n) is 3.22. The minimum Gasteiger partial charge on any atom is -0.491 e. The number of carbonyl (C=O) groups is 1. The number of benzene rings is 1. The Bertz CT molecular complexity index is 691. The number of nitrogens with zero attached hydrogens (tertiary/aromatic N) is 2. The number of carbonyl (C=O) groups excluding carboxylic acids is 1. The number of amides is 1. The second-order valence-corrected chi connectivity index (χ2v) is 5.40. The lowest BCUT2D eigenvalue weighted by Gasteiger charge is -2.22. The molecule has 3 rings (SSSR count). The number of aromatic nitrogens is 1. The molecule has 0 saturated heterocycles. The Balaban J connectivity index is 2.00. The molecule has 0 spiro atoms. The number of para-hydroxylation sites is 2. The summed E-state index contributed by atoms with van der Waals surface area (Å²) in [7, 11) is 0. The zero-order valence-electron chi connectivity index (χ0n) is 11.1. The molecule has 0 saturated carbocycles. The Hall–Kier alpha value is -1.78. The fraction of sp³-hybridized carbons (Fsp3) is 0.200. The van der Waals surface area contributed by atoms with E-state index < -0.39 is 0 Å². The van der Waals surface area contributed by atoms with E-state index >= 15 is 0 Å². The molecule has 2 aromatic rings. The normalized spacial score (nSPS) is 14.4. The number of hydrogen-bond donors (Lipinski definition) is 0. The van der Waals surface area contributed by atoms with Gasteiger partial charge in [-0.1, -0.05) is 35.3 Å². The monoisotopic (exact) mass is 322 g/mol. The van der Waals surface area contributed by atoms with Gasteiger partial charge in [-0.05, 0) is 24.3 Å². The summed E-state index contributed by atoms with van der Waals surface area (Å²) in [6.07, 6.45) is 0.312. The van der Waals surface area contributed by atoms with Crippen molar-refractivity contribution in [3.05, 3.63) is 52.3 Å². The van der Waals surface area contributed by atoms with Gasteiger partial charge in [0.15, 0.2) is 0 Å². The summed E-state index contributed by atoms with van der Waals surface area (Å²) in [6, 6.07) is 10.7. The molecule has 0 fully saturated rings. The van der Waals surface area contributed by atoms with E-state index in [1.807, 2.05) is 24.3 Å². The van der Waals surface area contributed by atoms with Crippen molar-refractivity contribution in [2.75, 3.05) is 11.5 Å². The molecule has 6 heteroatoms. The van der Waals surface area contributed by atoms with Crippen molar-refractivity contribution in [1.82, 2.24) is 4.98 Å². The van der Waals surface area contributed by atoms with Crippen LogP contribution in [0.15, 0.2) is 36.4 Å². The van der Waals surface area contributed by atoms with Crippen LogP contribution in [0.25, 0.3) is 0 Å². The summed E-state index contributed by atoms with van der Waals surface area (Å²) in [5.74, 6) is 0.652. The van der Waals surface area contributed by atoms with E-state index in [2.05, 4.69) is 4.98 Å². The summed E-state index contributed by atoms with van der Waals surface area (Å²) >= 11 is 12.0. The Morgan fingerprint density at radius 2 is 2.00 bits per heavy atom. The Morgan fingerprint density at radius 1 is 1.19 bits per heavy atom. The molecular weight excluding hydrogens is 311 g/mol. The average Bonchev–Trinajstić information content (AvgIpc) is 2.63. The van der Waals surface area contributed by atoms with Crippen LogP contribution in [0, 0.1) is 0 Å². The minimum atomic E-state index is -0.0298. The van der Waals surface area contributed by atoms with Gasteiger partial charge in [-0.25, -0.2) is 4.98 Å².